The third-order valence-corrected chi connectivity index (χ3v) is 3.15. The first kappa shape index (κ1) is 13.6. The Labute approximate surface area is 117 Å². The van der Waals surface area contributed by atoms with Gasteiger partial charge < -0.3 is 9.30 Å². The number of nitrogens with zero attached hydrogens (tertiary/aromatic N) is 2. The van der Waals surface area contributed by atoms with Gasteiger partial charge in [0.05, 0.1) is 25.6 Å². The standard InChI is InChI=1S/C14H15ClN2O2/c1-10(6-14(18)19-2)13-8-17(9-16-13)12-5-3-4-11(15)7-12/h3-5,7-10H,6H2,1-2H3/t10-/m1/s1. The number of rotatable bonds is 4. The zero-order valence-electron chi connectivity index (χ0n) is 10.8. The monoisotopic (exact) mass is 278 g/mol. The van der Waals surface area contributed by atoms with Crippen LogP contribution in [0.5, 0.6) is 0 Å². The van der Waals surface area contributed by atoms with Crippen LogP contribution >= 0.6 is 11.6 Å². The van der Waals surface area contributed by atoms with E-state index < -0.39 is 0 Å². The molecule has 1 heterocycles. The SMILES string of the molecule is COC(=O)C[C@@H](C)c1cn(-c2cccc(Cl)c2)cn1. The van der Waals surface area contributed by atoms with Crippen LogP contribution in [-0.4, -0.2) is 22.6 Å². The molecule has 1 atom stereocenters. The minimum atomic E-state index is -0.232. The average molecular weight is 279 g/mol. The summed E-state index contributed by atoms with van der Waals surface area (Å²) in [6.07, 6.45) is 3.94. The van der Waals surface area contributed by atoms with E-state index in [0.717, 1.165) is 11.4 Å². The van der Waals surface area contributed by atoms with Gasteiger partial charge in [-0.1, -0.05) is 24.6 Å². The van der Waals surface area contributed by atoms with E-state index in [1.807, 2.05) is 42.0 Å². The number of methoxy groups -OCH3 is 1. The van der Waals surface area contributed by atoms with Gasteiger partial charge in [0, 0.05) is 22.8 Å². The van der Waals surface area contributed by atoms with E-state index in [1.165, 1.54) is 7.11 Å². The highest BCUT2D eigenvalue weighted by atomic mass is 35.5. The molecule has 0 unspecified atom stereocenters. The van der Waals surface area contributed by atoms with Gasteiger partial charge in [-0.3, -0.25) is 4.79 Å². The van der Waals surface area contributed by atoms with Gasteiger partial charge in [-0.05, 0) is 18.2 Å². The predicted molar refractivity (Wildman–Crippen MR) is 73.6 cm³/mol. The van der Waals surface area contributed by atoms with Crippen LogP contribution in [0, 0.1) is 0 Å². The van der Waals surface area contributed by atoms with Crippen molar-refractivity contribution in [2.75, 3.05) is 7.11 Å². The maximum Gasteiger partial charge on any atom is 0.306 e. The fourth-order valence-electron chi connectivity index (χ4n) is 1.81. The molecule has 0 amide bonds. The highest BCUT2D eigenvalue weighted by molar-refractivity contribution is 6.30. The lowest BCUT2D eigenvalue weighted by Crippen LogP contribution is -2.06. The van der Waals surface area contributed by atoms with Crippen LogP contribution in [-0.2, 0) is 9.53 Å². The lowest BCUT2D eigenvalue weighted by Gasteiger charge is -2.06. The molecule has 19 heavy (non-hydrogen) atoms. The molecule has 1 aromatic heterocycles. The maximum atomic E-state index is 11.2. The van der Waals surface area contributed by atoms with Gasteiger partial charge in [0.25, 0.3) is 0 Å². The largest absolute Gasteiger partial charge is 0.469 e. The average Bonchev–Trinajstić information content (AvgIpc) is 2.88. The number of benzene rings is 1. The fraction of sp³-hybridized carbons (Fsp3) is 0.286. The van der Waals surface area contributed by atoms with Crippen LogP contribution in [0.25, 0.3) is 5.69 Å². The summed E-state index contributed by atoms with van der Waals surface area (Å²) in [5, 5.41) is 0.676. The van der Waals surface area contributed by atoms with Crippen LogP contribution in [0.4, 0.5) is 0 Å². The molecule has 0 aliphatic carbocycles. The van der Waals surface area contributed by atoms with E-state index >= 15 is 0 Å². The molecular weight excluding hydrogens is 264 g/mol. The van der Waals surface area contributed by atoms with Crippen LogP contribution < -0.4 is 0 Å². The summed E-state index contributed by atoms with van der Waals surface area (Å²) in [7, 11) is 1.39. The highest BCUT2D eigenvalue weighted by Crippen LogP contribution is 2.20. The van der Waals surface area contributed by atoms with Crippen molar-refractivity contribution in [3.8, 4) is 5.69 Å². The van der Waals surface area contributed by atoms with E-state index in [2.05, 4.69) is 9.72 Å². The van der Waals surface area contributed by atoms with Gasteiger partial charge in [0.15, 0.2) is 0 Å². The van der Waals surface area contributed by atoms with Crippen molar-refractivity contribution in [2.45, 2.75) is 19.3 Å². The third-order valence-electron chi connectivity index (χ3n) is 2.91. The molecule has 100 valence electrons. The van der Waals surface area contributed by atoms with Crippen molar-refractivity contribution in [3.05, 3.63) is 47.5 Å². The Morgan fingerprint density at radius 1 is 1.53 bits per heavy atom. The summed E-state index contributed by atoms with van der Waals surface area (Å²) < 4.78 is 6.54. The second-order valence-corrected chi connectivity index (χ2v) is 4.80. The number of halogens is 1. The van der Waals surface area contributed by atoms with E-state index in [4.69, 9.17) is 11.6 Å². The Kier molecular flexibility index (Phi) is 4.22. The Hall–Kier alpha value is -1.81. The smallest absolute Gasteiger partial charge is 0.306 e. The summed E-state index contributed by atoms with van der Waals surface area (Å²) in [6, 6.07) is 7.51. The molecular formula is C14H15ClN2O2. The third kappa shape index (κ3) is 3.35. The minimum absolute atomic E-state index is 0.0212. The number of hydrogen-bond acceptors (Lipinski definition) is 3. The first-order valence-electron chi connectivity index (χ1n) is 5.97. The molecule has 0 spiro atoms. The second kappa shape index (κ2) is 5.89. The van der Waals surface area contributed by atoms with Crippen molar-refractivity contribution >= 4 is 17.6 Å². The molecule has 0 radical (unpaired) electrons. The molecule has 0 aliphatic heterocycles. The number of ether oxygens (including phenoxy) is 1. The van der Waals surface area contributed by atoms with Gasteiger partial charge in [-0.2, -0.15) is 0 Å². The van der Waals surface area contributed by atoms with Gasteiger partial charge in [-0.15, -0.1) is 0 Å². The maximum absolute atomic E-state index is 11.2. The summed E-state index contributed by atoms with van der Waals surface area (Å²) in [5.41, 5.74) is 1.79. The van der Waals surface area contributed by atoms with Crippen molar-refractivity contribution in [2.24, 2.45) is 0 Å². The number of hydrogen-bond donors (Lipinski definition) is 0. The second-order valence-electron chi connectivity index (χ2n) is 4.37. The molecule has 2 rings (SSSR count). The Morgan fingerprint density at radius 2 is 2.32 bits per heavy atom. The van der Waals surface area contributed by atoms with Crippen LogP contribution in [0.15, 0.2) is 36.8 Å². The van der Waals surface area contributed by atoms with Crippen LogP contribution in [0.3, 0.4) is 0 Å². The number of carbonyl (C=O) groups is 1. The molecule has 0 aliphatic rings. The van der Waals surface area contributed by atoms with E-state index in [0.29, 0.717) is 11.4 Å². The molecule has 0 saturated heterocycles. The Morgan fingerprint density at radius 3 is 3.00 bits per heavy atom. The molecule has 0 saturated carbocycles. The van der Waals surface area contributed by atoms with E-state index in [-0.39, 0.29) is 11.9 Å². The van der Waals surface area contributed by atoms with E-state index in [1.54, 1.807) is 6.33 Å². The van der Waals surface area contributed by atoms with Crippen LogP contribution in [0.2, 0.25) is 5.02 Å². The summed E-state index contributed by atoms with van der Waals surface area (Å²) in [4.78, 5) is 15.6. The van der Waals surface area contributed by atoms with Gasteiger partial charge in [-0.25, -0.2) is 4.98 Å². The molecule has 5 heteroatoms. The van der Waals surface area contributed by atoms with Crippen molar-refractivity contribution in [1.29, 1.82) is 0 Å². The van der Waals surface area contributed by atoms with Crippen molar-refractivity contribution in [3.63, 3.8) is 0 Å². The zero-order chi connectivity index (χ0) is 13.8. The molecule has 4 nitrogen and oxygen atoms in total. The normalized spacial score (nSPS) is 12.2. The molecule has 0 fully saturated rings. The van der Waals surface area contributed by atoms with Gasteiger partial charge in [0.2, 0.25) is 0 Å². The zero-order valence-corrected chi connectivity index (χ0v) is 11.6. The number of imidazole rings is 1. The summed E-state index contributed by atoms with van der Waals surface area (Å²) >= 11 is 5.96. The Balaban J connectivity index is 2.17. The topological polar surface area (TPSA) is 44.1 Å². The summed E-state index contributed by atoms with van der Waals surface area (Å²) in [5.74, 6) is -0.210. The van der Waals surface area contributed by atoms with Crippen molar-refractivity contribution < 1.29 is 9.53 Å². The first-order valence-corrected chi connectivity index (χ1v) is 6.34. The lowest BCUT2D eigenvalue weighted by molar-refractivity contribution is -0.141. The van der Waals surface area contributed by atoms with Gasteiger partial charge in [0.1, 0.15) is 0 Å². The fourth-order valence-corrected chi connectivity index (χ4v) is 1.99. The van der Waals surface area contributed by atoms with Crippen LogP contribution in [0.1, 0.15) is 25.0 Å². The van der Waals surface area contributed by atoms with Gasteiger partial charge >= 0.3 is 5.97 Å². The van der Waals surface area contributed by atoms with E-state index in [9.17, 15) is 4.79 Å². The summed E-state index contributed by atoms with van der Waals surface area (Å²) in [6.45, 7) is 1.95. The number of aromatic nitrogens is 2. The minimum Gasteiger partial charge on any atom is -0.469 e. The molecule has 1 aromatic carbocycles. The predicted octanol–water partition coefficient (Wildman–Crippen LogP) is 3.19. The molecule has 0 N–H and O–H groups in total. The quantitative estimate of drug-likeness (QED) is 0.807. The highest BCUT2D eigenvalue weighted by Gasteiger charge is 2.14. The van der Waals surface area contributed by atoms with Crippen molar-refractivity contribution in [1.82, 2.24) is 9.55 Å². The lowest BCUT2D eigenvalue weighted by atomic mass is 10.1. The number of esters is 1. The first-order chi connectivity index (χ1) is 9.10. The Bertz CT molecular complexity index is 580. The number of carbonyl (C=O) groups excluding carboxylic acids is 1. The molecule has 0 bridgehead atoms. The molecule has 2 aromatic rings.